The van der Waals surface area contributed by atoms with E-state index in [-0.39, 0.29) is 11.6 Å². The van der Waals surface area contributed by atoms with E-state index in [9.17, 15) is 14.0 Å². The Balaban J connectivity index is 1.65. The van der Waals surface area contributed by atoms with Gasteiger partial charge in [0.15, 0.2) is 0 Å². The van der Waals surface area contributed by atoms with Gasteiger partial charge in [0.2, 0.25) is 0 Å². The van der Waals surface area contributed by atoms with Gasteiger partial charge in [-0.05, 0) is 30.2 Å². The van der Waals surface area contributed by atoms with Crippen LogP contribution < -0.4 is 5.32 Å². The summed E-state index contributed by atoms with van der Waals surface area (Å²) in [6.45, 7) is 0.312. The summed E-state index contributed by atoms with van der Waals surface area (Å²) < 4.78 is 13.2. The second kappa shape index (κ2) is 6.44. The zero-order chi connectivity index (χ0) is 16.2. The maximum Gasteiger partial charge on any atom is 0.277 e. The van der Waals surface area contributed by atoms with Crippen molar-refractivity contribution < 1.29 is 14.0 Å². The van der Waals surface area contributed by atoms with Crippen LogP contribution in [-0.2, 0) is 16.0 Å². The fourth-order valence-corrected chi connectivity index (χ4v) is 2.42. The van der Waals surface area contributed by atoms with Crippen LogP contribution in [0, 0.1) is 5.82 Å². The molecule has 0 saturated carbocycles. The zero-order valence-electron chi connectivity index (χ0n) is 12.3. The highest BCUT2D eigenvalue weighted by atomic mass is 19.1. The molecule has 0 fully saturated rings. The smallest absolute Gasteiger partial charge is 0.277 e. The van der Waals surface area contributed by atoms with Gasteiger partial charge >= 0.3 is 0 Å². The van der Waals surface area contributed by atoms with E-state index in [1.165, 1.54) is 29.2 Å². The van der Waals surface area contributed by atoms with Crippen LogP contribution in [0.5, 0.6) is 0 Å². The van der Waals surface area contributed by atoms with Crippen LogP contribution in [0.3, 0.4) is 0 Å². The Bertz CT molecular complexity index is 772. The molecule has 2 amide bonds. The van der Waals surface area contributed by atoms with Crippen molar-refractivity contribution in [1.29, 1.82) is 0 Å². The molecule has 1 heterocycles. The van der Waals surface area contributed by atoms with Gasteiger partial charge in [0, 0.05) is 18.3 Å². The first-order chi connectivity index (χ1) is 11.1. The Morgan fingerprint density at radius 2 is 1.78 bits per heavy atom. The fraction of sp³-hybridized carbons (Fsp3) is 0.111. The number of carbonyl (C=O) groups is 2. The SMILES string of the molecule is O=C1C=C(Nc2cccc(F)c2)C(=O)N1CCc1ccccc1. The van der Waals surface area contributed by atoms with Crippen molar-refractivity contribution in [3.63, 3.8) is 0 Å². The van der Waals surface area contributed by atoms with Gasteiger partial charge in [0.1, 0.15) is 11.5 Å². The molecular formula is C18H15FN2O2. The summed E-state index contributed by atoms with van der Waals surface area (Å²) in [5.74, 6) is -1.16. The van der Waals surface area contributed by atoms with Crippen LogP contribution in [0.1, 0.15) is 5.56 Å². The van der Waals surface area contributed by atoms with Crippen molar-refractivity contribution in [2.24, 2.45) is 0 Å². The molecule has 0 unspecified atom stereocenters. The lowest BCUT2D eigenvalue weighted by Crippen LogP contribution is -2.33. The third-order valence-electron chi connectivity index (χ3n) is 3.58. The number of carbonyl (C=O) groups excluding carboxylic acids is 2. The van der Waals surface area contributed by atoms with E-state index >= 15 is 0 Å². The van der Waals surface area contributed by atoms with E-state index in [2.05, 4.69) is 5.32 Å². The second-order valence-electron chi connectivity index (χ2n) is 5.22. The van der Waals surface area contributed by atoms with Crippen LogP contribution in [-0.4, -0.2) is 23.3 Å². The molecule has 1 aliphatic rings. The molecule has 0 atom stereocenters. The predicted molar refractivity (Wildman–Crippen MR) is 85.0 cm³/mol. The lowest BCUT2D eigenvalue weighted by Gasteiger charge is -2.15. The van der Waals surface area contributed by atoms with Crippen molar-refractivity contribution in [3.05, 3.63) is 77.8 Å². The summed E-state index contributed by atoms with van der Waals surface area (Å²) in [7, 11) is 0. The third-order valence-corrected chi connectivity index (χ3v) is 3.58. The minimum absolute atomic E-state index is 0.161. The van der Waals surface area contributed by atoms with E-state index in [4.69, 9.17) is 0 Å². The Labute approximate surface area is 133 Å². The summed E-state index contributed by atoms with van der Waals surface area (Å²) >= 11 is 0. The summed E-state index contributed by atoms with van der Waals surface area (Å²) in [6.07, 6.45) is 1.84. The number of rotatable bonds is 5. The molecule has 0 radical (unpaired) electrons. The molecule has 2 aromatic rings. The van der Waals surface area contributed by atoms with Gasteiger partial charge < -0.3 is 5.32 Å². The maximum absolute atomic E-state index is 13.2. The number of hydrogen-bond acceptors (Lipinski definition) is 3. The van der Waals surface area contributed by atoms with Gasteiger partial charge in [-0.1, -0.05) is 36.4 Å². The number of amides is 2. The minimum Gasteiger partial charge on any atom is -0.351 e. The average molecular weight is 310 g/mol. The lowest BCUT2D eigenvalue weighted by atomic mass is 10.1. The molecule has 5 heteroatoms. The second-order valence-corrected chi connectivity index (χ2v) is 5.22. The van der Waals surface area contributed by atoms with E-state index in [0.29, 0.717) is 18.7 Å². The topological polar surface area (TPSA) is 49.4 Å². The first kappa shape index (κ1) is 15.0. The Morgan fingerprint density at radius 3 is 2.52 bits per heavy atom. The van der Waals surface area contributed by atoms with Crippen LogP contribution >= 0.6 is 0 Å². The predicted octanol–water partition coefficient (Wildman–Crippen LogP) is 2.73. The molecule has 1 N–H and O–H groups in total. The highest BCUT2D eigenvalue weighted by Gasteiger charge is 2.30. The molecule has 0 saturated heterocycles. The molecule has 23 heavy (non-hydrogen) atoms. The molecule has 116 valence electrons. The van der Waals surface area contributed by atoms with E-state index in [1.807, 2.05) is 30.3 Å². The fourth-order valence-electron chi connectivity index (χ4n) is 2.42. The summed E-state index contributed by atoms with van der Waals surface area (Å²) in [5, 5.41) is 2.80. The lowest BCUT2D eigenvalue weighted by molar-refractivity contribution is -0.137. The highest BCUT2D eigenvalue weighted by Crippen LogP contribution is 2.18. The zero-order valence-corrected chi connectivity index (χ0v) is 12.3. The standard InChI is InChI=1S/C18H15FN2O2/c19-14-7-4-8-15(11-14)20-16-12-17(22)21(18(16)23)10-9-13-5-2-1-3-6-13/h1-8,11-12,20H,9-10H2. The number of anilines is 1. The molecule has 0 spiro atoms. The molecule has 0 aromatic heterocycles. The largest absolute Gasteiger partial charge is 0.351 e. The summed E-state index contributed by atoms with van der Waals surface area (Å²) in [5.41, 5.74) is 1.65. The first-order valence-electron chi connectivity index (χ1n) is 7.27. The first-order valence-corrected chi connectivity index (χ1v) is 7.27. The van der Waals surface area contributed by atoms with Crippen molar-refractivity contribution in [3.8, 4) is 0 Å². The molecule has 2 aromatic carbocycles. The molecule has 4 nitrogen and oxygen atoms in total. The van der Waals surface area contributed by atoms with Crippen molar-refractivity contribution in [1.82, 2.24) is 4.90 Å². The highest BCUT2D eigenvalue weighted by molar-refractivity contribution is 6.17. The van der Waals surface area contributed by atoms with Crippen molar-refractivity contribution >= 4 is 17.5 Å². The van der Waals surface area contributed by atoms with Crippen LogP contribution in [0.25, 0.3) is 0 Å². The Kier molecular flexibility index (Phi) is 4.19. The van der Waals surface area contributed by atoms with Crippen molar-refractivity contribution in [2.45, 2.75) is 6.42 Å². The number of nitrogens with zero attached hydrogens (tertiary/aromatic N) is 1. The third kappa shape index (κ3) is 3.45. The maximum atomic E-state index is 13.2. The number of halogens is 1. The van der Waals surface area contributed by atoms with Gasteiger partial charge in [-0.2, -0.15) is 0 Å². The Hall–Kier alpha value is -2.95. The summed E-state index contributed by atoms with van der Waals surface area (Å²) in [4.78, 5) is 25.5. The quantitative estimate of drug-likeness (QED) is 0.864. The van der Waals surface area contributed by atoms with E-state index in [0.717, 1.165) is 5.56 Å². The van der Waals surface area contributed by atoms with Gasteiger partial charge in [0.05, 0.1) is 0 Å². The van der Waals surface area contributed by atoms with Crippen molar-refractivity contribution in [2.75, 3.05) is 11.9 Å². The molecule has 3 rings (SSSR count). The van der Waals surface area contributed by atoms with Gasteiger partial charge in [-0.15, -0.1) is 0 Å². The van der Waals surface area contributed by atoms with Gasteiger partial charge in [0.25, 0.3) is 11.8 Å². The number of hydrogen-bond donors (Lipinski definition) is 1. The number of imide groups is 1. The molecule has 0 aliphatic carbocycles. The molecule has 0 bridgehead atoms. The minimum atomic E-state index is -0.409. The molecular weight excluding hydrogens is 295 g/mol. The monoisotopic (exact) mass is 310 g/mol. The van der Waals surface area contributed by atoms with E-state index in [1.54, 1.807) is 6.07 Å². The van der Waals surface area contributed by atoms with Gasteiger partial charge in [-0.3, -0.25) is 14.5 Å². The normalized spacial score (nSPS) is 14.1. The Morgan fingerprint density at radius 1 is 1.00 bits per heavy atom. The van der Waals surface area contributed by atoms with Gasteiger partial charge in [-0.25, -0.2) is 4.39 Å². The molecule has 1 aliphatic heterocycles. The van der Waals surface area contributed by atoms with Crippen LogP contribution in [0.15, 0.2) is 66.4 Å². The average Bonchev–Trinajstić information content (AvgIpc) is 2.80. The number of benzene rings is 2. The van der Waals surface area contributed by atoms with E-state index < -0.39 is 11.7 Å². The summed E-state index contributed by atoms with van der Waals surface area (Å²) in [6, 6.07) is 15.4. The van der Waals surface area contributed by atoms with Crippen LogP contribution in [0.4, 0.5) is 10.1 Å². The number of nitrogens with one attached hydrogen (secondary N) is 1. The van der Waals surface area contributed by atoms with Crippen LogP contribution in [0.2, 0.25) is 0 Å².